The summed E-state index contributed by atoms with van der Waals surface area (Å²) in [6, 6.07) is 9.37. The fourth-order valence-electron chi connectivity index (χ4n) is 2.29. The molecule has 1 aliphatic rings. The summed E-state index contributed by atoms with van der Waals surface area (Å²) >= 11 is 0. The monoisotopic (exact) mass is 259 g/mol. The van der Waals surface area contributed by atoms with Gasteiger partial charge in [0.25, 0.3) is 0 Å². The van der Waals surface area contributed by atoms with Crippen molar-refractivity contribution in [3.63, 3.8) is 0 Å². The van der Waals surface area contributed by atoms with Crippen LogP contribution in [0.25, 0.3) is 5.57 Å². The molecule has 0 bridgehead atoms. The van der Waals surface area contributed by atoms with E-state index in [1.165, 1.54) is 14.0 Å². The maximum atomic E-state index is 11.7. The predicted molar refractivity (Wildman–Crippen MR) is 72.2 cm³/mol. The molecule has 0 saturated heterocycles. The highest BCUT2D eigenvalue weighted by Gasteiger charge is 2.31. The van der Waals surface area contributed by atoms with Crippen LogP contribution in [0.2, 0.25) is 0 Å². The minimum absolute atomic E-state index is 0.114. The smallest absolute Gasteiger partial charge is 0.328 e. The minimum atomic E-state index is -0.505. The number of carbonyl (C=O) groups excluding carboxylic acids is 2. The summed E-state index contributed by atoms with van der Waals surface area (Å²) in [4.78, 5) is 24.9. The molecule has 2 rings (SSSR count). The van der Waals surface area contributed by atoms with Crippen LogP contribution in [-0.4, -0.2) is 36.5 Å². The van der Waals surface area contributed by atoms with Crippen LogP contribution < -0.4 is 0 Å². The van der Waals surface area contributed by atoms with E-state index < -0.39 is 6.04 Å². The predicted octanol–water partition coefficient (Wildman–Crippen LogP) is 1.86. The summed E-state index contributed by atoms with van der Waals surface area (Å²) in [7, 11) is 1.34. The molecule has 0 N–H and O–H groups in total. The molecular weight excluding hydrogens is 242 g/mol. The Morgan fingerprint density at radius 3 is 2.53 bits per heavy atom. The molecule has 1 aromatic rings. The molecule has 4 nitrogen and oxygen atoms in total. The molecule has 0 fully saturated rings. The highest BCUT2D eigenvalue weighted by molar-refractivity contribution is 5.86. The third-order valence-corrected chi connectivity index (χ3v) is 3.33. The van der Waals surface area contributed by atoms with E-state index in [1.54, 1.807) is 4.90 Å². The molecule has 0 aromatic heterocycles. The number of benzene rings is 1. The molecule has 1 aliphatic heterocycles. The van der Waals surface area contributed by atoms with Gasteiger partial charge in [-0.25, -0.2) is 4.79 Å². The van der Waals surface area contributed by atoms with Gasteiger partial charge < -0.3 is 9.64 Å². The maximum absolute atomic E-state index is 11.7. The van der Waals surface area contributed by atoms with E-state index in [9.17, 15) is 9.59 Å². The van der Waals surface area contributed by atoms with Crippen LogP contribution in [0.3, 0.4) is 0 Å². The fraction of sp³-hybridized carbons (Fsp3) is 0.333. The molecule has 1 atom stereocenters. The quantitative estimate of drug-likeness (QED) is 0.762. The number of ether oxygens (including phenoxy) is 1. The number of amides is 1. The number of carbonyl (C=O) groups is 2. The zero-order valence-electron chi connectivity index (χ0n) is 11.1. The SMILES string of the molecule is COC(=O)[C@H]1CC=C(c2ccccc2)CN1C(C)=O. The van der Waals surface area contributed by atoms with Crippen molar-refractivity contribution in [2.75, 3.05) is 13.7 Å². The summed E-state index contributed by atoms with van der Waals surface area (Å²) in [5.41, 5.74) is 2.15. The van der Waals surface area contributed by atoms with Crippen LogP contribution in [0.5, 0.6) is 0 Å². The first-order chi connectivity index (χ1) is 9.13. The van der Waals surface area contributed by atoms with Crippen molar-refractivity contribution in [3.8, 4) is 0 Å². The number of hydrogen-bond donors (Lipinski definition) is 0. The van der Waals surface area contributed by atoms with Crippen molar-refractivity contribution < 1.29 is 14.3 Å². The second-order valence-corrected chi connectivity index (χ2v) is 4.52. The second-order valence-electron chi connectivity index (χ2n) is 4.52. The van der Waals surface area contributed by atoms with Crippen LogP contribution in [0.15, 0.2) is 36.4 Å². The Kier molecular flexibility index (Phi) is 4.00. The molecule has 0 spiro atoms. The first kappa shape index (κ1) is 13.3. The van der Waals surface area contributed by atoms with Gasteiger partial charge in [0, 0.05) is 13.5 Å². The standard InChI is InChI=1S/C15H17NO3/c1-11(17)16-10-13(12-6-4-3-5-7-12)8-9-14(16)15(18)19-2/h3-8,14H,9-10H2,1-2H3/t14-/m1/s1. The lowest BCUT2D eigenvalue weighted by Gasteiger charge is -2.33. The average Bonchev–Trinajstić information content (AvgIpc) is 2.46. The van der Waals surface area contributed by atoms with E-state index in [2.05, 4.69) is 0 Å². The Labute approximate surface area is 112 Å². The number of methoxy groups -OCH3 is 1. The summed E-state index contributed by atoms with van der Waals surface area (Å²) in [6.45, 7) is 1.92. The van der Waals surface area contributed by atoms with Gasteiger partial charge in [0.05, 0.1) is 7.11 Å². The second kappa shape index (κ2) is 5.69. The van der Waals surface area contributed by atoms with Gasteiger partial charge in [0.15, 0.2) is 0 Å². The van der Waals surface area contributed by atoms with Gasteiger partial charge >= 0.3 is 5.97 Å². The zero-order valence-corrected chi connectivity index (χ0v) is 11.1. The normalized spacial score (nSPS) is 18.7. The van der Waals surface area contributed by atoms with E-state index >= 15 is 0 Å². The number of nitrogens with zero attached hydrogens (tertiary/aromatic N) is 1. The zero-order chi connectivity index (χ0) is 13.8. The topological polar surface area (TPSA) is 46.6 Å². The van der Waals surface area contributed by atoms with Gasteiger partial charge in [-0.2, -0.15) is 0 Å². The van der Waals surface area contributed by atoms with Crippen molar-refractivity contribution in [2.45, 2.75) is 19.4 Å². The summed E-state index contributed by atoms with van der Waals surface area (Å²) in [5.74, 6) is -0.476. The maximum Gasteiger partial charge on any atom is 0.328 e. The highest BCUT2D eigenvalue weighted by Crippen LogP contribution is 2.24. The van der Waals surface area contributed by atoms with Crippen molar-refractivity contribution in [1.29, 1.82) is 0 Å². The van der Waals surface area contributed by atoms with Crippen molar-refractivity contribution in [2.24, 2.45) is 0 Å². The first-order valence-corrected chi connectivity index (χ1v) is 6.23. The number of rotatable bonds is 2. The molecule has 1 aromatic carbocycles. The van der Waals surface area contributed by atoms with Crippen LogP contribution in [-0.2, 0) is 14.3 Å². The molecule has 0 radical (unpaired) electrons. The van der Waals surface area contributed by atoms with Crippen LogP contribution >= 0.6 is 0 Å². The van der Waals surface area contributed by atoms with Gasteiger partial charge in [-0.15, -0.1) is 0 Å². The van der Waals surface area contributed by atoms with Gasteiger partial charge in [0.2, 0.25) is 5.91 Å². The summed E-state index contributed by atoms with van der Waals surface area (Å²) < 4.78 is 4.75. The van der Waals surface area contributed by atoms with Crippen LogP contribution in [0.1, 0.15) is 18.9 Å². The van der Waals surface area contributed by atoms with Gasteiger partial charge in [-0.1, -0.05) is 36.4 Å². The van der Waals surface area contributed by atoms with Gasteiger partial charge in [-0.05, 0) is 17.6 Å². The largest absolute Gasteiger partial charge is 0.467 e. The molecular formula is C15H17NO3. The Hall–Kier alpha value is -2.10. The number of esters is 1. The Bertz CT molecular complexity index is 507. The van der Waals surface area contributed by atoms with Gasteiger partial charge in [0.1, 0.15) is 6.04 Å². The van der Waals surface area contributed by atoms with Crippen molar-refractivity contribution in [1.82, 2.24) is 4.90 Å². The van der Waals surface area contributed by atoms with Crippen molar-refractivity contribution >= 4 is 17.4 Å². The molecule has 1 heterocycles. The average molecular weight is 259 g/mol. The lowest BCUT2D eigenvalue weighted by molar-refractivity contribution is -0.151. The van der Waals surface area contributed by atoms with Crippen LogP contribution in [0, 0.1) is 0 Å². The summed E-state index contributed by atoms with van der Waals surface area (Å²) in [6.07, 6.45) is 2.51. The molecule has 0 unspecified atom stereocenters. The van der Waals surface area contributed by atoms with E-state index in [-0.39, 0.29) is 11.9 Å². The summed E-state index contributed by atoms with van der Waals surface area (Å²) in [5, 5.41) is 0. The van der Waals surface area contributed by atoms with E-state index in [4.69, 9.17) is 4.74 Å². The molecule has 0 saturated carbocycles. The van der Waals surface area contributed by atoms with Gasteiger partial charge in [-0.3, -0.25) is 4.79 Å². The third kappa shape index (κ3) is 2.84. The van der Waals surface area contributed by atoms with E-state index in [0.29, 0.717) is 13.0 Å². The fourth-order valence-corrected chi connectivity index (χ4v) is 2.29. The molecule has 4 heteroatoms. The van der Waals surface area contributed by atoms with E-state index in [0.717, 1.165) is 11.1 Å². The van der Waals surface area contributed by atoms with Crippen LogP contribution in [0.4, 0.5) is 0 Å². The number of hydrogen-bond acceptors (Lipinski definition) is 3. The Morgan fingerprint density at radius 1 is 1.26 bits per heavy atom. The van der Waals surface area contributed by atoms with E-state index in [1.807, 2.05) is 36.4 Å². The highest BCUT2D eigenvalue weighted by atomic mass is 16.5. The lowest BCUT2D eigenvalue weighted by atomic mass is 9.97. The Morgan fingerprint density at radius 2 is 1.95 bits per heavy atom. The molecule has 1 amide bonds. The Balaban J connectivity index is 2.26. The van der Waals surface area contributed by atoms with Crippen molar-refractivity contribution in [3.05, 3.63) is 42.0 Å². The first-order valence-electron chi connectivity index (χ1n) is 6.23. The minimum Gasteiger partial charge on any atom is -0.467 e. The molecule has 0 aliphatic carbocycles. The molecule has 100 valence electrons. The lowest BCUT2D eigenvalue weighted by Crippen LogP contribution is -2.47. The molecule has 19 heavy (non-hydrogen) atoms. The third-order valence-electron chi connectivity index (χ3n) is 3.33.